The molecule has 3 N–H and O–H groups in total. The third-order valence-corrected chi connectivity index (χ3v) is 5.27. The lowest BCUT2D eigenvalue weighted by atomic mass is 9.98. The third-order valence-electron chi connectivity index (χ3n) is 5.27. The van der Waals surface area contributed by atoms with E-state index in [1.54, 1.807) is 6.92 Å². The van der Waals surface area contributed by atoms with Crippen LogP contribution in [-0.2, 0) is 4.79 Å². The molecule has 0 radical (unpaired) electrons. The SMILES string of the molecule is CCNC(=O)NC(=O)C(c1ccccc1)N1CCC(NC(=O)c2ccc(F)cc2)CC1. The number of carbonyl (C=O) groups is 3. The standard InChI is InChI=1S/C23H27FN4O3/c1-2-25-23(31)27-22(30)20(16-6-4-3-5-7-16)28-14-12-19(13-15-28)26-21(29)17-8-10-18(24)11-9-17/h3-11,19-20H,2,12-15H2,1H3,(H,26,29)(H2,25,27,30,31). The summed E-state index contributed by atoms with van der Waals surface area (Å²) in [5.74, 6) is -1.01. The maximum Gasteiger partial charge on any atom is 0.321 e. The molecule has 1 saturated heterocycles. The maximum absolute atomic E-state index is 13.1. The smallest absolute Gasteiger partial charge is 0.321 e. The molecule has 0 bridgehead atoms. The highest BCUT2D eigenvalue weighted by molar-refractivity contribution is 5.97. The lowest BCUT2D eigenvalue weighted by Crippen LogP contribution is -2.50. The predicted octanol–water partition coefficient (Wildman–Crippen LogP) is 2.61. The number of nitrogens with zero attached hydrogens (tertiary/aromatic N) is 1. The second-order valence-electron chi connectivity index (χ2n) is 7.45. The third kappa shape index (κ3) is 6.11. The van der Waals surface area contributed by atoms with Crippen LogP contribution >= 0.6 is 0 Å². The van der Waals surface area contributed by atoms with Crippen molar-refractivity contribution in [3.8, 4) is 0 Å². The summed E-state index contributed by atoms with van der Waals surface area (Å²) in [5, 5.41) is 7.97. The number of benzene rings is 2. The van der Waals surface area contributed by atoms with E-state index < -0.39 is 12.1 Å². The molecule has 1 fully saturated rings. The first-order valence-electron chi connectivity index (χ1n) is 10.4. The molecule has 0 saturated carbocycles. The summed E-state index contributed by atoms with van der Waals surface area (Å²) >= 11 is 0. The first-order chi connectivity index (χ1) is 15.0. The summed E-state index contributed by atoms with van der Waals surface area (Å²) in [6.45, 7) is 3.37. The van der Waals surface area contributed by atoms with E-state index in [-0.39, 0.29) is 23.7 Å². The molecule has 1 aliphatic rings. The molecule has 0 aliphatic carbocycles. The Morgan fingerprint density at radius 1 is 1.03 bits per heavy atom. The number of likely N-dealkylation sites (tertiary alicyclic amines) is 1. The van der Waals surface area contributed by atoms with Crippen molar-refractivity contribution in [2.45, 2.75) is 31.8 Å². The van der Waals surface area contributed by atoms with Crippen molar-refractivity contribution in [3.05, 3.63) is 71.5 Å². The number of hydrogen-bond acceptors (Lipinski definition) is 4. The highest BCUT2D eigenvalue weighted by atomic mass is 19.1. The lowest BCUT2D eigenvalue weighted by Gasteiger charge is -2.37. The fourth-order valence-electron chi connectivity index (χ4n) is 3.72. The quantitative estimate of drug-likeness (QED) is 0.662. The van der Waals surface area contributed by atoms with Gasteiger partial charge < -0.3 is 10.6 Å². The van der Waals surface area contributed by atoms with Crippen molar-refractivity contribution in [3.63, 3.8) is 0 Å². The van der Waals surface area contributed by atoms with Gasteiger partial charge in [0.15, 0.2) is 0 Å². The van der Waals surface area contributed by atoms with Gasteiger partial charge >= 0.3 is 6.03 Å². The van der Waals surface area contributed by atoms with E-state index in [4.69, 9.17) is 0 Å². The molecule has 0 aromatic heterocycles. The zero-order valence-electron chi connectivity index (χ0n) is 17.4. The lowest BCUT2D eigenvalue weighted by molar-refractivity contribution is -0.126. The van der Waals surface area contributed by atoms with Crippen LogP contribution in [0.5, 0.6) is 0 Å². The molecule has 1 heterocycles. The van der Waals surface area contributed by atoms with Crippen LogP contribution in [0.15, 0.2) is 54.6 Å². The van der Waals surface area contributed by atoms with Gasteiger partial charge in [-0.2, -0.15) is 0 Å². The average molecular weight is 426 g/mol. The summed E-state index contributed by atoms with van der Waals surface area (Å²) in [6, 6.07) is 13.6. The van der Waals surface area contributed by atoms with Crippen LogP contribution < -0.4 is 16.0 Å². The summed E-state index contributed by atoms with van der Waals surface area (Å²) in [6.07, 6.45) is 1.31. The molecule has 3 rings (SSSR count). The van der Waals surface area contributed by atoms with Crippen molar-refractivity contribution < 1.29 is 18.8 Å². The molecule has 8 heteroatoms. The summed E-state index contributed by atoms with van der Waals surface area (Å²) in [5.41, 5.74) is 1.21. The van der Waals surface area contributed by atoms with Crippen molar-refractivity contribution in [1.82, 2.24) is 20.9 Å². The molecular formula is C23H27FN4O3. The molecule has 2 aromatic carbocycles. The van der Waals surface area contributed by atoms with Gasteiger partial charge in [-0.05, 0) is 49.6 Å². The van der Waals surface area contributed by atoms with Crippen molar-refractivity contribution in [1.29, 1.82) is 0 Å². The van der Waals surface area contributed by atoms with E-state index in [1.165, 1.54) is 24.3 Å². The molecular weight excluding hydrogens is 399 g/mol. The van der Waals surface area contributed by atoms with E-state index in [9.17, 15) is 18.8 Å². The van der Waals surface area contributed by atoms with Gasteiger partial charge in [0.25, 0.3) is 5.91 Å². The Bertz CT molecular complexity index is 897. The maximum atomic E-state index is 13.1. The van der Waals surface area contributed by atoms with Crippen LogP contribution in [0.25, 0.3) is 0 Å². The Morgan fingerprint density at radius 2 is 1.68 bits per heavy atom. The van der Waals surface area contributed by atoms with Crippen LogP contribution in [0, 0.1) is 5.82 Å². The Balaban J connectivity index is 1.63. The normalized spacial score (nSPS) is 15.7. The minimum atomic E-state index is -0.599. The van der Waals surface area contributed by atoms with E-state index in [0.717, 1.165) is 5.56 Å². The highest BCUT2D eigenvalue weighted by Crippen LogP contribution is 2.25. The Labute approximate surface area is 181 Å². The van der Waals surface area contributed by atoms with Crippen LogP contribution in [0.4, 0.5) is 9.18 Å². The van der Waals surface area contributed by atoms with Gasteiger partial charge in [0.2, 0.25) is 5.91 Å². The number of carbonyl (C=O) groups excluding carboxylic acids is 3. The van der Waals surface area contributed by atoms with Crippen LogP contribution in [0.1, 0.15) is 41.7 Å². The molecule has 1 atom stereocenters. The number of imide groups is 1. The van der Waals surface area contributed by atoms with Gasteiger partial charge in [-0.25, -0.2) is 9.18 Å². The van der Waals surface area contributed by atoms with Gasteiger partial charge in [-0.3, -0.25) is 19.8 Å². The fraction of sp³-hybridized carbons (Fsp3) is 0.348. The zero-order valence-corrected chi connectivity index (χ0v) is 17.4. The van der Waals surface area contributed by atoms with Gasteiger partial charge in [0.1, 0.15) is 11.9 Å². The number of hydrogen-bond donors (Lipinski definition) is 3. The molecule has 164 valence electrons. The largest absolute Gasteiger partial charge is 0.349 e. The van der Waals surface area contributed by atoms with E-state index in [2.05, 4.69) is 16.0 Å². The molecule has 2 aromatic rings. The molecule has 7 nitrogen and oxygen atoms in total. The minimum Gasteiger partial charge on any atom is -0.349 e. The zero-order chi connectivity index (χ0) is 22.2. The molecule has 4 amide bonds. The summed E-state index contributed by atoms with van der Waals surface area (Å²) < 4.78 is 13.1. The van der Waals surface area contributed by atoms with Gasteiger partial charge in [0, 0.05) is 31.2 Å². The van der Waals surface area contributed by atoms with E-state index in [0.29, 0.717) is 38.0 Å². The van der Waals surface area contributed by atoms with Gasteiger partial charge in [-0.15, -0.1) is 0 Å². The Hall–Kier alpha value is -3.26. The Morgan fingerprint density at radius 3 is 2.29 bits per heavy atom. The number of nitrogens with one attached hydrogen (secondary N) is 3. The van der Waals surface area contributed by atoms with Crippen LogP contribution in [0.3, 0.4) is 0 Å². The number of urea groups is 1. The number of piperidine rings is 1. The van der Waals surface area contributed by atoms with Gasteiger partial charge in [-0.1, -0.05) is 30.3 Å². The van der Waals surface area contributed by atoms with Crippen molar-refractivity contribution >= 4 is 17.8 Å². The second-order valence-corrected chi connectivity index (χ2v) is 7.45. The molecule has 31 heavy (non-hydrogen) atoms. The molecule has 0 spiro atoms. The Kier molecular flexibility index (Phi) is 7.72. The van der Waals surface area contributed by atoms with Gasteiger partial charge in [0.05, 0.1) is 0 Å². The number of amides is 4. The number of halogens is 1. The van der Waals surface area contributed by atoms with E-state index >= 15 is 0 Å². The van der Waals surface area contributed by atoms with E-state index in [1.807, 2.05) is 35.2 Å². The highest BCUT2D eigenvalue weighted by Gasteiger charge is 2.32. The van der Waals surface area contributed by atoms with Crippen molar-refractivity contribution in [2.24, 2.45) is 0 Å². The summed E-state index contributed by atoms with van der Waals surface area (Å²) in [4.78, 5) is 39.2. The van der Waals surface area contributed by atoms with Crippen molar-refractivity contribution in [2.75, 3.05) is 19.6 Å². The first-order valence-corrected chi connectivity index (χ1v) is 10.4. The average Bonchev–Trinajstić information content (AvgIpc) is 2.76. The monoisotopic (exact) mass is 426 g/mol. The minimum absolute atomic E-state index is 0.0447. The fourth-order valence-corrected chi connectivity index (χ4v) is 3.72. The van der Waals surface area contributed by atoms with Crippen LogP contribution in [0.2, 0.25) is 0 Å². The molecule has 1 aliphatic heterocycles. The predicted molar refractivity (Wildman–Crippen MR) is 115 cm³/mol. The van der Waals surface area contributed by atoms with Crippen LogP contribution in [-0.4, -0.2) is 48.4 Å². The second kappa shape index (κ2) is 10.7. The number of rotatable bonds is 6. The topological polar surface area (TPSA) is 90.5 Å². The molecule has 1 unspecified atom stereocenters. The summed E-state index contributed by atoms with van der Waals surface area (Å²) in [7, 11) is 0. The first kappa shape index (κ1) is 22.4.